The molecule has 37 heavy (non-hydrogen) atoms. The van der Waals surface area contributed by atoms with Crippen LogP contribution in [0.2, 0.25) is 0 Å². The number of amides is 1. The zero-order valence-electron chi connectivity index (χ0n) is 22.7. The van der Waals surface area contributed by atoms with E-state index in [-0.39, 0.29) is 17.2 Å². The van der Waals surface area contributed by atoms with E-state index in [9.17, 15) is 9.59 Å². The quantitative estimate of drug-likeness (QED) is 0.203. The molecule has 200 valence electrons. The van der Waals surface area contributed by atoms with E-state index in [1.54, 1.807) is 23.8 Å². The van der Waals surface area contributed by atoms with E-state index in [1.165, 1.54) is 25.7 Å². The molecule has 6 nitrogen and oxygen atoms in total. The Kier molecular flexibility index (Phi) is 11.5. The monoisotopic (exact) mass is 506 g/mol. The van der Waals surface area contributed by atoms with Crippen molar-refractivity contribution in [3.8, 4) is 11.5 Å². The molecule has 0 saturated carbocycles. The maximum Gasteiger partial charge on any atom is 0.297 e. The number of benzene rings is 2. The number of carbonyl (C=O) groups is 1. The lowest BCUT2D eigenvalue weighted by molar-refractivity contribution is 0.102. The lowest BCUT2D eigenvalue weighted by Crippen LogP contribution is -2.24. The van der Waals surface area contributed by atoms with Gasteiger partial charge in [-0.3, -0.25) is 9.59 Å². The van der Waals surface area contributed by atoms with E-state index in [4.69, 9.17) is 9.47 Å². The molecule has 1 aromatic heterocycles. The van der Waals surface area contributed by atoms with Crippen LogP contribution in [-0.4, -0.2) is 24.2 Å². The van der Waals surface area contributed by atoms with Gasteiger partial charge in [-0.1, -0.05) is 83.4 Å². The van der Waals surface area contributed by atoms with Gasteiger partial charge in [-0.05, 0) is 43.2 Å². The molecule has 0 fully saturated rings. The summed E-state index contributed by atoms with van der Waals surface area (Å²) in [5.41, 5.74) is 1.76. The van der Waals surface area contributed by atoms with Crippen molar-refractivity contribution in [3.63, 3.8) is 0 Å². The van der Waals surface area contributed by atoms with Crippen LogP contribution in [0.1, 0.15) is 88.4 Å². The molecule has 6 heteroatoms. The maximum absolute atomic E-state index is 13.7. The number of nitrogens with zero attached hydrogens (tertiary/aromatic N) is 1. The summed E-state index contributed by atoms with van der Waals surface area (Å²) in [7, 11) is 1.57. The first-order valence-corrected chi connectivity index (χ1v) is 13.8. The molecule has 3 rings (SSSR count). The van der Waals surface area contributed by atoms with Gasteiger partial charge in [0.15, 0.2) is 5.75 Å². The average Bonchev–Trinajstić information content (AvgIpc) is 2.92. The van der Waals surface area contributed by atoms with Gasteiger partial charge >= 0.3 is 0 Å². The molecule has 0 bridgehead atoms. The predicted octanol–water partition coefficient (Wildman–Crippen LogP) is 7.58. The molecule has 0 radical (unpaired) electrons. The minimum Gasteiger partial charge on any atom is -0.492 e. The Labute approximate surface area is 221 Å². The number of hydrogen-bond acceptors (Lipinski definition) is 4. The van der Waals surface area contributed by atoms with Gasteiger partial charge in [-0.2, -0.15) is 0 Å². The van der Waals surface area contributed by atoms with Gasteiger partial charge in [0, 0.05) is 23.2 Å². The molecule has 3 aromatic rings. The van der Waals surface area contributed by atoms with Gasteiger partial charge in [0.1, 0.15) is 0 Å². The van der Waals surface area contributed by atoms with Crippen molar-refractivity contribution in [2.24, 2.45) is 0 Å². The second-order valence-corrected chi connectivity index (χ2v) is 9.55. The lowest BCUT2D eigenvalue weighted by atomic mass is 10.1. The fourth-order valence-corrected chi connectivity index (χ4v) is 4.57. The summed E-state index contributed by atoms with van der Waals surface area (Å²) in [4.78, 5) is 26.4. The third-order valence-electron chi connectivity index (χ3n) is 6.66. The van der Waals surface area contributed by atoms with Crippen molar-refractivity contribution < 1.29 is 14.3 Å². The van der Waals surface area contributed by atoms with E-state index in [0.29, 0.717) is 30.2 Å². The van der Waals surface area contributed by atoms with Crippen molar-refractivity contribution in [1.29, 1.82) is 0 Å². The van der Waals surface area contributed by atoms with E-state index in [2.05, 4.69) is 19.2 Å². The van der Waals surface area contributed by atoms with Crippen molar-refractivity contribution in [1.82, 2.24) is 4.57 Å². The summed E-state index contributed by atoms with van der Waals surface area (Å²) >= 11 is 0. The summed E-state index contributed by atoms with van der Waals surface area (Å²) in [5, 5.41) is 3.76. The fourth-order valence-electron chi connectivity index (χ4n) is 4.57. The van der Waals surface area contributed by atoms with Crippen LogP contribution in [0.25, 0.3) is 10.9 Å². The molecule has 2 aromatic carbocycles. The number of pyridine rings is 1. The average molecular weight is 507 g/mol. The highest BCUT2D eigenvalue weighted by Crippen LogP contribution is 2.34. The molecule has 0 spiro atoms. The van der Waals surface area contributed by atoms with Crippen LogP contribution in [0.3, 0.4) is 0 Å². The number of hydrogen-bond donors (Lipinski definition) is 1. The van der Waals surface area contributed by atoms with Crippen LogP contribution in [0.5, 0.6) is 11.5 Å². The fraction of sp³-hybridized carbons (Fsp3) is 0.484. The summed E-state index contributed by atoms with van der Waals surface area (Å²) in [6, 6.07) is 14.7. The zero-order chi connectivity index (χ0) is 26.5. The summed E-state index contributed by atoms with van der Waals surface area (Å²) < 4.78 is 13.6. The van der Waals surface area contributed by atoms with Crippen LogP contribution in [0, 0.1) is 0 Å². The summed E-state index contributed by atoms with van der Waals surface area (Å²) in [6.07, 6.45) is 11.1. The van der Waals surface area contributed by atoms with E-state index < -0.39 is 0 Å². The Morgan fingerprint density at radius 1 is 0.838 bits per heavy atom. The van der Waals surface area contributed by atoms with Gasteiger partial charge in [0.05, 0.1) is 19.2 Å². The second-order valence-electron chi connectivity index (χ2n) is 9.55. The number of aryl methyl sites for hydroxylation is 1. The number of unbranched alkanes of at least 4 members (excludes halogenated alkanes) is 8. The Morgan fingerprint density at radius 2 is 1.51 bits per heavy atom. The standard InChI is InChI=1S/C31H42N2O4/c1-4-6-8-10-11-16-22-37-29-28(36-3)26-20-19-25(32-30(34)24-17-13-12-14-18-24)23-27(26)33(31(29)35)21-15-9-7-5-2/h12-14,17-20,23H,4-11,15-16,21-22H2,1-3H3,(H,32,34). The van der Waals surface area contributed by atoms with Crippen LogP contribution >= 0.6 is 0 Å². The van der Waals surface area contributed by atoms with E-state index in [1.807, 2.05) is 36.4 Å². The number of anilines is 1. The first-order chi connectivity index (χ1) is 18.1. The number of fused-ring (bicyclic) bond motifs is 1. The van der Waals surface area contributed by atoms with Crippen LogP contribution < -0.4 is 20.3 Å². The number of methoxy groups -OCH3 is 1. The highest BCUT2D eigenvalue weighted by molar-refractivity contribution is 6.05. The topological polar surface area (TPSA) is 69.6 Å². The maximum atomic E-state index is 13.7. The van der Waals surface area contributed by atoms with Gasteiger partial charge in [-0.15, -0.1) is 0 Å². The largest absolute Gasteiger partial charge is 0.492 e. The predicted molar refractivity (Wildman–Crippen MR) is 152 cm³/mol. The van der Waals surface area contributed by atoms with Gasteiger partial charge in [-0.25, -0.2) is 0 Å². The van der Waals surface area contributed by atoms with Crippen LogP contribution in [0.4, 0.5) is 5.69 Å². The smallest absolute Gasteiger partial charge is 0.297 e. The molecule has 0 unspecified atom stereocenters. The number of aromatic nitrogens is 1. The SMILES string of the molecule is CCCCCCCCOc1c(OC)c2ccc(NC(=O)c3ccccc3)cc2n(CCCCCC)c1=O. The molecule has 0 aliphatic rings. The van der Waals surface area contributed by atoms with Crippen molar-refractivity contribution in [3.05, 3.63) is 64.4 Å². The van der Waals surface area contributed by atoms with Crippen molar-refractivity contribution in [2.45, 2.75) is 84.6 Å². The van der Waals surface area contributed by atoms with E-state index >= 15 is 0 Å². The molecular formula is C31H42N2O4. The number of ether oxygens (including phenoxy) is 2. The third kappa shape index (κ3) is 7.85. The highest BCUT2D eigenvalue weighted by Gasteiger charge is 2.20. The molecular weight excluding hydrogens is 464 g/mol. The molecule has 0 saturated heterocycles. The van der Waals surface area contributed by atoms with Gasteiger partial charge in [0.25, 0.3) is 11.5 Å². The number of nitrogens with one attached hydrogen (secondary N) is 1. The van der Waals surface area contributed by atoms with Crippen LogP contribution in [0.15, 0.2) is 53.3 Å². The normalized spacial score (nSPS) is 11.0. The molecule has 0 atom stereocenters. The molecule has 1 N–H and O–H groups in total. The second kappa shape index (κ2) is 15.1. The highest BCUT2D eigenvalue weighted by atomic mass is 16.5. The minimum atomic E-state index is -0.192. The molecule has 1 heterocycles. The number of rotatable bonds is 16. The molecule has 0 aliphatic heterocycles. The first-order valence-electron chi connectivity index (χ1n) is 13.8. The Balaban J connectivity index is 1.90. The first kappa shape index (κ1) is 28.3. The van der Waals surface area contributed by atoms with E-state index in [0.717, 1.165) is 49.4 Å². The van der Waals surface area contributed by atoms with Gasteiger partial charge in [0.2, 0.25) is 5.75 Å². The molecule has 0 aliphatic carbocycles. The van der Waals surface area contributed by atoms with Crippen molar-refractivity contribution >= 4 is 22.5 Å². The van der Waals surface area contributed by atoms with Crippen LogP contribution in [-0.2, 0) is 6.54 Å². The third-order valence-corrected chi connectivity index (χ3v) is 6.66. The summed E-state index contributed by atoms with van der Waals surface area (Å²) in [5.74, 6) is 0.541. The Hall–Kier alpha value is -3.28. The summed E-state index contributed by atoms with van der Waals surface area (Å²) in [6.45, 7) is 5.46. The lowest BCUT2D eigenvalue weighted by Gasteiger charge is -2.18. The Bertz CT molecular complexity index is 1190. The molecule has 1 amide bonds. The number of carbonyl (C=O) groups excluding carboxylic acids is 1. The minimum absolute atomic E-state index is 0.182. The van der Waals surface area contributed by atoms with Gasteiger partial charge < -0.3 is 19.4 Å². The Morgan fingerprint density at radius 3 is 2.22 bits per heavy atom. The van der Waals surface area contributed by atoms with Crippen molar-refractivity contribution in [2.75, 3.05) is 19.0 Å². The zero-order valence-corrected chi connectivity index (χ0v) is 22.7.